The Bertz CT molecular complexity index is 661. The van der Waals surface area contributed by atoms with Crippen LogP contribution in [0.25, 0.3) is 0 Å². The molecule has 0 spiro atoms. The molecule has 142 valence electrons. The molecule has 7 nitrogen and oxygen atoms in total. The summed E-state index contributed by atoms with van der Waals surface area (Å²) >= 11 is 0. The summed E-state index contributed by atoms with van der Waals surface area (Å²) in [6, 6.07) is 8.11. The lowest BCUT2D eigenvalue weighted by molar-refractivity contribution is -0.796. The van der Waals surface area contributed by atoms with Crippen LogP contribution in [0.4, 0.5) is 4.79 Å². The van der Waals surface area contributed by atoms with Gasteiger partial charge in [-0.15, -0.1) is 0 Å². The Hall–Kier alpha value is -2.25. The van der Waals surface area contributed by atoms with Crippen LogP contribution in [-0.4, -0.2) is 51.3 Å². The number of carboxylic acid groups (broad SMARTS) is 2. The van der Waals surface area contributed by atoms with E-state index in [0.29, 0.717) is 25.7 Å². The van der Waals surface area contributed by atoms with Crippen molar-refractivity contribution < 1.29 is 29.1 Å². The molecule has 1 saturated heterocycles. The van der Waals surface area contributed by atoms with Crippen LogP contribution in [0.5, 0.6) is 0 Å². The summed E-state index contributed by atoms with van der Waals surface area (Å²) in [6.45, 7) is 1.65. The molecule has 0 unspecified atom stereocenters. The Balaban J connectivity index is 2.16. The number of rotatable bonds is 7. The van der Waals surface area contributed by atoms with Crippen molar-refractivity contribution in [3.8, 4) is 0 Å². The lowest BCUT2D eigenvalue weighted by atomic mass is 9.91. The van der Waals surface area contributed by atoms with Gasteiger partial charge in [-0.3, -0.25) is 4.79 Å². The number of amides is 2. The van der Waals surface area contributed by atoms with Crippen LogP contribution in [0.15, 0.2) is 30.3 Å². The molecule has 2 rings (SSSR count). The predicted octanol–water partition coefficient (Wildman–Crippen LogP) is 2.24. The number of benzene rings is 1. The standard InChI is InChI=1S/C19H26N2O5/c1-13(20)17(22)21(19(25)26)11-5-8-16(21)12-15(18(23)24)10-9-14-6-3-2-4-7-14/h2-4,6-7,13,15-16H,5,8-12,20H2,1H3,(H-,23,24,25,26)/p+1/t13-,15-,16-,21+/m0/s1. The molecule has 1 heterocycles. The van der Waals surface area contributed by atoms with Crippen molar-refractivity contribution in [1.82, 2.24) is 0 Å². The Kier molecular flexibility index (Phi) is 6.50. The molecule has 0 aliphatic carbocycles. The summed E-state index contributed by atoms with van der Waals surface area (Å²) in [5.74, 6) is -2.20. The van der Waals surface area contributed by atoms with E-state index in [4.69, 9.17) is 5.73 Å². The van der Waals surface area contributed by atoms with Crippen molar-refractivity contribution in [3.05, 3.63) is 35.9 Å². The number of hydrogen-bond donors (Lipinski definition) is 3. The first-order valence-electron chi connectivity index (χ1n) is 8.97. The quantitative estimate of drug-likeness (QED) is 0.640. The molecule has 26 heavy (non-hydrogen) atoms. The van der Waals surface area contributed by atoms with Gasteiger partial charge in [0.2, 0.25) is 0 Å². The number of nitrogens with two attached hydrogens (primary N) is 1. The number of carbonyl (C=O) groups is 3. The van der Waals surface area contributed by atoms with E-state index in [1.165, 1.54) is 6.92 Å². The van der Waals surface area contributed by atoms with E-state index in [-0.39, 0.29) is 13.0 Å². The van der Waals surface area contributed by atoms with Gasteiger partial charge < -0.3 is 15.9 Å². The highest BCUT2D eigenvalue weighted by atomic mass is 16.4. The number of hydrogen-bond acceptors (Lipinski definition) is 4. The second-order valence-corrected chi connectivity index (χ2v) is 7.09. The molecule has 1 aromatic carbocycles. The fourth-order valence-corrected chi connectivity index (χ4v) is 3.93. The average molecular weight is 363 g/mol. The SMILES string of the molecule is C[C@H](N)C(=O)[N@@+]1(C(=O)O)CCC[C@H]1C[C@H](CCc1ccccc1)C(=O)O. The number of nitrogens with zero attached hydrogens (tertiary/aromatic N) is 1. The highest BCUT2D eigenvalue weighted by Gasteiger charge is 2.56. The first-order valence-corrected chi connectivity index (χ1v) is 8.97. The molecule has 0 radical (unpaired) electrons. The minimum atomic E-state index is -1.23. The summed E-state index contributed by atoms with van der Waals surface area (Å²) in [5.41, 5.74) is 6.72. The molecule has 0 saturated carbocycles. The van der Waals surface area contributed by atoms with Crippen LogP contribution >= 0.6 is 0 Å². The number of quaternary nitrogens is 1. The smallest absolute Gasteiger partial charge is 0.481 e. The zero-order valence-electron chi connectivity index (χ0n) is 15.0. The molecule has 2 amide bonds. The van der Waals surface area contributed by atoms with Crippen molar-refractivity contribution in [1.29, 1.82) is 0 Å². The van der Waals surface area contributed by atoms with Gasteiger partial charge in [0.15, 0.2) is 0 Å². The van der Waals surface area contributed by atoms with Crippen molar-refractivity contribution in [2.24, 2.45) is 11.7 Å². The van der Waals surface area contributed by atoms with Crippen molar-refractivity contribution in [3.63, 3.8) is 0 Å². The van der Waals surface area contributed by atoms with Crippen molar-refractivity contribution >= 4 is 18.0 Å². The van der Waals surface area contributed by atoms with E-state index in [1.807, 2.05) is 30.3 Å². The third-order valence-electron chi connectivity index (χ3n) is 5.33. The predicted molar refractivity (Wildman–Crippen MR) is 95.3 cm³/mol. The monoisotopic (exact) mass is 363 g/mol. The Labute approximate surface area is 153 Å². The van der Waals surface area contributed by atoms with Gasteiger partial charge in [-0.25, -0.2) is 4.79 Å². The third-order valence-corrected chi connectivity index (χ3v) is 5.33. The molecule has 1 aliphatic heterocycles. The van der Waals surface area contributed by atoms with Gasteiger partial charge >= 0.3 is 18.0 Å². The van der Waals surface area contributed by atoms with E-state index >= 15 is 0 Å². The van der Waals surface area contributed by atoms with E-state index in [9.17, 15) is 24.6 Å². The number of carboxylic acids is 1. The minimum absolute atomic E-state index is 0.160. The topological polar surface area (TPSA) is 118 Å². The van der Waals surface area contributed by atoms with Crippen LogP contribution in [0.2, 0.25) is 0 Å². The molecule has 7 heteroatoms. The molecule has 4 N–H and O–H groups in total. The van der Waals surface area contributed by atoms with Crippen LogP contribution < -0.4 is 5.73 Å². The van der Waals surface area contributed by atoms with Crippen LogP contribution in [-0.2, 0) is 16.0 Å². The highest BCUT2D eigenvalue weighted by Crippen LogP contribution is 2.34. The van der Waals surface area contributed by atoms with Crippen LogP contribution in [0, 0.1) is 5.92 Å². The van der Waals surface area contributed by atoms with Crippen LogP contribution in [0.1, 0.15) is 38.2 Å². The number of carbonyl (C=O) groups excluding carboxylic acids is 1. The second-order valence-electron chi connectivity index (χ2n) is 7.09. The van der Waals surface area contributed by atoms with Gasteiger partial charge in [0.05, 0.1) is 12.5 Å². The maximum absolute atomic E-state index is 12.6. The van der Waals surface area contributed by atoms with E-state index in [2.05, 4.69) is 0 Å². The lowest BCUT2D eigenvalue weighted by Crippen LogP contribution is -2.63. The Morgan fingerprint density at radius 3 is 2.42 bits per heavy atom. The van der Waals surface area contributed by atoms with E-state index in [1.54, 1.807) is 0 Å². The minimum Gasteiger partial charge on any atom is -0.481 e. The zero-order valence-corrected chi connectivity index (χ0v) is 15.0. The molecule has 1 aromatic rings. The molecule has 0 bridgehead atoms. The fraction of sp³-hybridized carbons (Fsp3) is 0.526. The van der Waals surface area contributed by atoms with Gasteiger partial charge in [-0.1, -0.05) is 30.3 Å². The van der Waals surface area contributed by atoms with Gasteiger partial charge in [0.1, 0.15) is 12.1 Å². The van der Waals surface area contributed by atoms with Gasteiger partial charge in [-0.2, -0.15) is 9.28 Å². The summed E-state index contributed by atoms with van der Waals surface area (Å²) in [7, 11) is 0. The van der Waals surface area contributed by atoms with Gasteiger partial charge in [-0.05, 0) is 25.3 Å². The average Bonchev–Trinajstić information content (AvgIpc) is 3.03. The molecular weight excluding hydrogens is 336 g/mol. The summed E-state index contributed by atoms with van der Waals surface area (Å²) in [5, 5.41) is 19.4. The molecule has 0 aromatic heterocycles. The number of aliphatic carboxylic acids is 1. The molecule has 4 atom stereocenters. The number of imide groups is 1. The van der Waals surface area contributed by atoms with E-state index < -0.39 is 40.5 Å². The maximum atomic E-state index is 12.6. The first kappa shape index (κ1) is 20.1. The van der Waals surface area contributed by atoms with Gasteiger partial charge in [0, 0.05) is 19.3 Å². The number of aryl methyl sites for hydroxylation is 1. The van der Waals surface area contributed by atoms with Gasteiger partial charge in [0.25, 0.3) is 0 Å². The largest absolute Gasteiger partial charge is 0.521 e. The Morgan fingerprint density at radius 2 is 1.88 bits per heavy atom. The second kappa shape index (κ2) is 8.42. The van der Waals surface area contributed by atoms with Crippen LogP contribution in [0.3, 0.4) is 0 Å². The summed E-state index contributed by atoms with van der Waals surface area (Å²) in [4.78, 5) is 36.3. The molecule has 1 fully saturated rings. The number of likely N-dealkylation sites (tertiary alicyclic amines) is 1. The third kappa shape index (κ3) is 4.11. The molecular formula is C19H27N2O5+. The van der Waals surface area contributed by atoms with Crippen molar-refractivity contribution in [2.75, 3.05) is 6.54 Å². The zero-order chi connectivity index (χ0) is 19.3. The lowest BCUT2D eigenvalue weighted by Gasteiger charge is -2.34. The van der Waals surface area contributed by atoms with E-state index in [0.717, 1.165) is 5.56 Å². The van der Waals surface area contributed by atoms with Crippen molar-refractivity contribution in [2.45, 2.75) is 51.1 Å². The highest BCUT2D eigenvalue weighted by molar-refractivity contribution is 5.84. The summed E-state index contributed by atoms with van der Waals surface area (Å²) < 4.78 is -0.743. The Morgan fingerprint density at radius 1 is 1.23 bits per heavy atom. The summed E-state index contributed by atoms with van der Waals surface area (Å²) in [6.07, 6.45) is 1.01. The normalized spacial score (nSPS) is 24.8. The maximum Gasteiger partial charge on any atom is 0.521 e. The molecule has 1 aliphatic rings. The first-order chi connectivity index (χ1) is 12.3. The fourth-order valence-electron chi connectivity index (χ4n) is 3.93.